The van der Waals surface area contributed by atoms with Crippen molar-refractivity contribution in [3.63, 3.8) is 0 Å². The topological polar surface area (TPSA) is 89.3 Å². The number of nitrogens with one attached hydrogen (secondary N) is 1. The maximum atomic E-state index is 11.2. The monoisotopic (exact) mass is 222 g/mol. The second-order valence-corrected chi connectivity index (χ2v) is 5.62. The largest absolute Gasteiger partial charge is 0.320 e. The molecule has 0 heterocycles. The fourth-order valence-electron chi connectivity index (χ4n) is 0.916. The Kier molecular flexibility index (Phi) is 5.07. The number of sulfonamides is 1. The van der Waals surface area contributed by atoms with Gasteiger partial charge >= 0.3 is 0 Å². The predicted octanol–water partition coefficient (Wildman–Crippen LogP) is -0.174. The average Bonchev–Trinajstić information content (AvgIpc) is 2.02. The number of hydrogen-bond donors (Lipinski definition) is 2. The van der Waals surface area contributed by atoms with Crippen LogP contribution in [0, 0.1) is 5.92 Å². The molecule has 1 amide bonds. The van der Waals surface area contributed by atoms with Gasteiger partial charge in [-0.1, -0.05) is 13.8 Å². The highest BCUT2D eigenvalue weighted by Gasteiger charge is 2.19. The molecule has 0 aliphatic carbocycles. The summed E-state index contributed by atoms with van der Waals surface area (Å²) in [6.45, 7) is 5.30. The number of amides is 1. The Morgan fingerprint density at radius 2 is 1.93 bits per heavy atom. The normalized spacial score (nSPS) is 14.1. The Balaban J connectivity index is 4.22. The van der Waals surface area contributed by atoms with Crippen LogP contribution in [0.5, 0.6) is 0 Å². The Morgan fingerprint density at radius 1 is 1.43 bits per heavy atom. The highest BCUT2D eigenvalue weighted by molar-refractivity contribution is 7.90. The van der Waals surface area contributed by atoms with E-state index in [1.54, 1.807) is 0 Å². The molecule has 0 radical (unpaired) electrons. The summed E-state index contributed by atoms with van der Waals surface area (Å²) in [5.41, 5.74) is 5.50. The summed E-state index contributed by atoms with van der Waals surface area (Å²) >= 11 is 0. The molecule has 5 nitrogen and oxygen atoms in total. The first-order valence-electron chi connectivity index (χ1n) is 4.58. The van der Waals surface area contributed by atoms with Gasteiger partial charge in [0.15, 0.2) is 0 Å². The zero-order valence-corrected chi connectivity index (χ0v) is 9.60. The van der Waals surface area contributed by atoms with Crippen molar-refractivity contribution >= 4 is 15.9 Å². The molecule has 1 atom stereocenters. The van der Waals surface area contributed by atoms with Gasteiger partial charge in [0.25, 0.3) is 0 Å². The lowest BCUT2D eigenvalue weighted by Crippen LogP contribution is -2.44. The Hall–Kier alpha value is -0.620. The van der Waals surface area contributed by atoms with E-state index in [9.17, 15) is 13.2 Å². The van der Waals surface area contributed by atoms with E-state index >= 15 is 0 Å². The second-order valence-electron chi connectivity index (χ2n) is 3.61. The Bertz CT molecular complexity index is 285. The molecule has 0 aliphatic heterocycles. The standard InChI is InChI=1S/C8H18N2O3S/c1-4-14(12,13)10-8(11)7(9)5-6(2)3/h6-7H,4-5,9H2,1-3H3,(H,10,11)/t7-/m0/s1. The Labute approximate surface area is 85.1 Å². The predicted molar refractivity (Wildman–Crippen MR) is 55.0 cm³/mol. The molecule has 6 heteroatoms. The van der Waals surface area contributed by atoms with Crippen molar-refractivity contribution in [2.45, 2.75) is 33.2 Å². The first-order chi connectivity index (χ1) is 6.28. The van der Waals surface area contributed by atoms with Crippen LogP contribution in [-0.4, -0.2) is 26.1 Å². The third-order valence-electron chi connectivity index (χ3n) is 1.70. The summed E-state index contributed by atoms with van der Waals surface area (Å²) in [6.07, 6.45) is 0.477. The molecule has 0 aromatic carbocycles. The third kappa shape index (κ3) is 5.18. The molecule has 0 spiro atoms. The minimum Gasteiger partial charge on any atom is -0.320 e. The molecular formula is C8H18N2O3S. The van der Waals surface area contributed by atoms with Gasteiger partial charge in [0.05, 0.1) is 11.8 Å². The first kappa shape index (κ1) is 13.4. The summed E-state index contributed by atoms with van der Waals surface area (Å²) in [5, 5.41) is 0. The fourth-order valence-corrected chi connectivity index (χ4v) is 1.52. The van der Waals surface area contributed by atoms with E-state index < -0.39 is 22.0 Å². The molecule has 0 unspecified atom stereocenters. The molecule has 14 heavy (non-hydrogen) atoms. The minimum absolute atomic E-state index is 0.118. The van der Waals surface area contributed by atoms with E-state index in [2.05, 4.69) is 0 Å². The van der Waals surface area contributed by atoms with Gasteiger partial charge in [-0.2, -0.15) is 0 Å². The van der Waals surface area contributed by atoms with Crippen LogP contribution < -0.4 is 10.5 Å². The lowest BCUT2D eigenvalue weighted by atomic mass is 10.0. The first-order valence-corrected chi connectivity index (χ1v) is 6.23. The third-order valence-corrected chi connectivity index (χ3v) is 2.97. The number of carbonyl (C=O) groups excluding carboxylic acids is 1. The van der Waals surface area contributed by atoms with E-state index in [-0.39, 0.29) is 11.7 Å². The highest BCUT2D eigenvalue weighted by atomic mass is 32.2. The molecule has 3 N–H and O–H groups in total. The zero-order valence-electron chi connectivity index (χ0n) is 8.78. The summed E-state index contributed by atoms with van der Waals surface area (Å²) in [5.74, 6) is -0.478. The van der Waals surface area contributed by atoms with E-state index in [4.69, 9.17) is 5.73 Å². The second kappa shape index (κ2) is 5.31. The summed E-state index contributed by atoms with van der Waals surface area (Å²) in [4.78, 5) is 11.2. The van der Waals surface area contributed by atoms with Crippen molar-refractivity contribution in [2.24, 2.45) is 11.7 Å². The van der Waals surface area contributed by atoms with Crippen molar-refractivity contribution in [2.75, 3.05) is 5.75 Å². The van der Waals surface area contributed by atoms with Crippen LogP contribution in [0.25, 0.3) is 0 Å². The molecular weight excluding hydrogens is 204 g/mol. The quantitative estimate of drug-likeness (QED) is 0.675. The molecule has 0 bridgehead atoms. The van der Waals surface area contributed by atoms with Crippen LogP contribution in [0.3, 0.4) is 0 Å². The van der Waals surface area contributed by atoms with Gasteiger partial charge in [0, 0.05) is 0 Å². The smallest absolute Gasteiger partial charge is 0.250 e. The average molecular weight is 222 g/mol. The summed E-state index contributed by atoms with van der Waals surface area (Å²) in [7, 11) is -3.48. The fraction of sp³-hybridized carbons (Fsp3) is 0.875. The summed E-state index contributed by atoms with van der Waals surface area (Å²) in [6, 6.07) is -0.753. The van der Waals surface area contributed by atoms with Crippen LogP contribution in [-0.2, 0) is 14.8 Å². The molecule has 0 aromatic heterocycles. The van der Waals surface area contributed by atoms with Crippen LogP contribution in [0.15, 0.2) is 0 Å². The maximum absolute atomic E-state index is 11.2. The van der Waals surface area contributed by atoms with Gasteiger partial charge in [0.2, 0.25) is 15.9 Å². The SMILES string of the molecule is CCS(=O)(=O)NC(=O)[C@@H](N)CC(C)C. The van der Waals surface area contributed by atoms with Gasteiger partial charge in [0.1, 0.15) is 0 Å². The molecule has 0 aliphatic rings. The number of carbonyl (C=O) groups is 1. The van der Waals surface area contributed by atoms with Crippen molar-refractivity contribution < 1.29 is 13.2 Å². The molecule has 0 aromatic rings. The van der Waals surface area contributed by atoms with Gasteiger partial charge < -0.3 is 5.73 Å². The van der Waals surface area contributed by atoms with Gasteiger partial charge in [-0.15, -0.1) is 0 Å². The van der Waals surface area contributed by atoms with E-state index in [0.29, 0.717) is 6.42 Å². The summed E-state index contributed by atoms with van der Waals surface area (Å²) < 4.78 is 23.9. The molecule has 0 saturated heterocycles. The van der Waals surface area contributed by atoms with Gasteiger partial charge in [-0.05, 0) is 19.3 Å². The molecule has 84 valence electrons. The van der Waals surface area contributed by atoms with Crippen molar-refractivity contribution in [3.8, 4) is 0 Å². The van der Waals surface area contributed by atoms with Crippen LogP contribution in [0.1, 0.15) is 27.2 Å². The Morgan fingerprint density at radius 3 is 2.29 bits per heavy atom. The minimum atomic E-state index is -3.48. The van der Waals surface area contributed by atoms with E-state index in [1.807, 2.05) is 18.6 Å². The van der Waals surface area contributed by atoms with Crippen LogP contribution in [0.2, 0.25) is 0 Å². The van der Waals surface area contributed by atoms with E-state index in [1.165, 1.54) is 6.92 Å². The van der Waals surface area contributed by atoms with Crippen LogP contribution >= 0.6 is 0 Å². The lowest BCUT2D eigenvalue weighted by Gasteiger charge is -2.13. The number of nitrogens with two attached hydrogens (primary N) is 1. The van der Waals surface area contributed by atoms with Crippen molar-refractivity contribution in [1.82, 2.24) is 4.72 Å². The van der Waals surface area contributed by atoms with Gasteiger partial charge in [-0.25, -0.2) is 8.42 Å². The van der Waals surface area contributed by atoms with Crippen molar-refractivity contribution in [1.29, 1.82) is 0 Å². The number of hydrogen-bond acceptors (Lipinski definition) is 4. The molecule has 0 fully saturated rings. The van der Waals surface area contributed by atoms with Gasteiger partial charge in [-0.3, -0.25) is 9.52 Å². The van der Waals surface area contributed by atoms with Crippen LogP contribution in [0.4, 0.5) is 0 Å². The lowest BCUT2D eigenvalue weighted by molar-refractivity contribution is -0.120. The zero-order chi connectivity index (χ0) is 11.4. The van der Waals surface area contributed by atoms with E-state index in [0.717, 1.165) is 0 Å². The maximum Gasteiger partial charge on any atom is 0.250 e. The highest BCUT2D eigenvalue weighted by Crippen LogP contribution is 2.02. The van der Waals surface area contributed by atoms with Crippen molar-refractivity contribution in [3.05, 3.63) is 0 Å². The molecule has 0 saturated carbocycles. The molecule has 0 rings (SSSR count). The number of rotatable bonds is 5.